The maximum Gasteiger partial charge on any atom is 0.0976 e. The van der Waals surface area contributed by atoms with Crippen LogP contribution in [-0.4, -0.2) is 48.1 Å². The molecule has 1 aliphatic heterocycles. The van der Waals surface area contributed by atoms with Crippen molar-refractivity contribution in [3.63, 3.8) is 0 Å². The van der Waals surface area contributed by atoms with Crippen molar-refractivity contribution in [1.29, 1.82) is 5.26 Å². The van der Waals surface area contributed by atoms with Crippen molar-refractivity contribution >= 4 is 0 Å². The fraction of sp³-hybridized carbons (Fsp3) is 0.909. The molecule has 0 spiro atoms. The Kier molecular flexibility index (Phi) is 3.05. The molecular formula is C11H19N3. The van der Waals surface area contributed by atoms with Crippen LogP contribution in [0.5, 0.6) is 0 Å². The number of hydrogen-bond acceptors (Lipinski definition) is 3. The second-order valence-electron chi connectivity index (χ2n) is 4.36. The summed E-state index contributed by atoms with van der Waals surface area (Å²) in [5.41, 5.74) is 0. The molecule has 1 aliphatic carbocycles. The third-order valence-electron chi connectivity index (χ3n) is 3.39. The summed E-state index contributed by atoms with van der Waals surface area (Å²) in [6, 6.07) is 3.43. The molecule has 1 atom stereocenters. The van der Waals surface area contributed by atoms with Crippen molar-refractivity contribution in [2.45, 2.75) is 38.3 Å². The minimum atomic E-state index is 0.149. The Hall–Kier alpha value is -0.590. The first-order valence-corrected chi connectivity index (χ1v) is 5.73. The van der Waals surface area contributed by atoms with Crippen LogP contribution in [0.4, 0.5) is 0 Å². The lowest BCUT2D eigenvalue weighted by Crippen LogP contribution is -2.50. The normalized spacial score (nSPS) is 27.1. The number of nitrogens with zero attached hydrogens (tertiary/aromatic N) is 3. The molecule has 1 saturated carbocycles. The minimum Gasteiger partial charge on any atom is -0.298 e. The Bertz CT molecular complexity index is 221. The van der Waals surface area contributed by atoms with Crippen LogP contribution in [0, 0.1) is 11.3 Å². The van der Waals surface area contributed by atoms with Crippen LogP contribution in [0.1, 0.15) is 26.2 Å². The quantitative estimate of drug-likeness (QED) is 0.671. The molecule has 0 radical (unpaired) electrons. The summed E-state index contributed by atoms with van der Waals surface area (Å²) in [6.07, 6.45) is 3.75. The van der Waals surface area contributed by atoms with E-state index >= 15 is 0 Å². The molecule has 1 heterocycles. The predicted octanol–water partition coefficient (Wildman–Crippen LogP) is 1.07. The third-order valence-corrected chi connectivity index (χ3v) is 3.39. The Morgan fingerprint density at radius 2 is 1.93 bits per heavy atom. The highest BCUT2D eigenvalue weighted by Crippen LogP contribution is 2.27. The van der Waals surface area contributed by atoms with Gasteiger partial charge in [-0.25, -0.2) is 0 Å². The first kappa shape index (κ1) is 9.95. The lowest BCUT2D eigenvalue weighted by molar-refractivity contribution is 0.107. The lowest BCUT2D eigenvalue weighted by Gasteiger charge is -2.36. The van der Waals surface area contributed by atoms with Crippen molar-refractivity contribution in [3.05, 3.63) is 0 Å². The minimum absolute atomic E-state index is 0.149. The number of piperazine rings is 1. The van der Waals surface area contributed by atoms with E-state index in [1.165, 1.54) is 25.9 Å². The van der Waals surface area contributed by atoms with Gasteiger partial charge in [0.25, 0.3) is 0 Å². The molecule has 0 aromatic heterocycles. The van der Waals surface area contributed by atoms with Crippen LogP contribution in [0.15, 0.2) is 0 Å². The van der Waals surface area contributed by atoms with Gasteiger partial charge in [-0.3, -0.25) is 9.80 Å². The number of rotatable bonds is 3. The van der Waals surface area contributed by atoms with Gasteiger partial charge >= 0.3 is 0 Å². The van der Waals surface area contributed by atoms with Gasteiger partial charge in [0.2, 0.25) is 0 Å². The molecule has 0 bridgehead atoms. The molecule has 3 nitrogen and oxygen atoms in total. The Morgan fingerprint density at radius 1 is 1.29 bits per heavy atom. The Balaban J connectivity index is 1.79. The third kappa shape index (κ3) is 2.08. The highest BCUT2D eigenvalue weighted by molar-refractivity contribution is 4.94. The summed E-state index contributed by atoms with van der Waals surface area (Å²) in [5.74, 6) is 0. The molecule has 14 heavy (non-hydrogen) atoms. The van der Waals surface area contributed by atoms with Crippen LogP contribution in [0.2, 0.25) is 0 Å². The van der Waals surface area contributed by atoms with E-state index < -0.39 is 0 Å². The highest BCUT2D eigenvalue weighted by atomic mass is 15.3. The molecule has 2 rings (SSSR count). The van der Waals surface area contributed by atoms with Crippen LogP contribution >= 0.6 is 0 Å². The van der Waals surface area contributed by atoms with Crippen LogP contribution in [0.25, 0.3) is 0 Å². The van der Waals surface area contributed by atoms with Gasteiger partial charge in [-0.2, -0.15) is 5.26 Å². The van der Waals surface area contributed by atoms with Crippen molar-refractivity contribution in [2.24, 2.45) is 0 Å². The van der Waals surface area contributed by atoms with Gasteiger partial charge in [0.15, 0.2) is 0 Å². The molecule has 0 amide bonds. The van der Waals surface area contributed by atoms with E-state index in [1.807, 2.05) is 0 Å². The largest absolute Gasteiger partial charge is 0.298 e. The lowest BCUT2D eigenvalue weighted by atomic mass is 10.2. The maximum atomic E-state index is 8.96. The van der Waals surface area contributed by atoms with Crippen molar-refractivity contribution < 1.29 is 0 Å². The average molecular weight is 193 g/mol. The first-order valence-electron chi connectivity index (χ1n) is 5.73. The van der Waals surface area contributed by atoms with Crippen molar-refractivity contribution in [2.75, 3.05) is 26.2 Å². The highest BCUT2D eigenvalue weighted by Gasteiger charge is 2.32. The van der Waals surface area contributed by atoms with Crippen molar-refractivity contribution in [1.82, 2.24) is 9.80 Å². The second kappa shape index (κ2) is 4.29. The first-order chi connectivity index (χ1) is 6.85. The van der Waals surface area contributed by atoms with Gasteiger partial charge in [0.1, 0.15) is 0 Å². The maximum absolute atomic E-state index is 8.96. The van der Waals surface area contributed by atoms with Gasteiger partial charge in [0.05, 0.1) is 12.1 Å². The topological polar surface area (TPSA) is 30.3 Å². The SMILES string of the molecule is CCC(C#N)N1CCN(C2CC2)CC1. The zero-order chi connectivity index (χ0) is 9.97. The molecule has 2 fully saturated rings. The summed E-state index contributed by atoms with van der Waals surface area (Å²) in [6.45, 7) is 6.61. The molecular weight excluding hydrogens is 174 g/mol. The van der Waals surface area contributed by atoms with Gasteiger partial charge in [-0.15, -0.1) is 0 Å². The van der Waals surface area contributed by atoms with E-state index in [0.29, 0.717) is 0 Å². The van der Waals surface area contributed by atoms with Crippen LogP contribution in [-0.2, 0) is 0 Å². The van der Waals surface area contributed by atoms with Gasteiger partial charge < -0.3 is 0 Å². The number of hydrogen-bond donors (Lipinski definition) is 0. The second-order valence-corrected chi connectivity index (χ2v) is 4.36. The summed E-state index contributed by atoms with van der Waals surface area (Å²) in [7, 11) is 0. The Labute approximate surface area is 86.3 Å². The summed E-state index contributed by atoms with van der Waals surface area (Å²) in [4.78, 5) is 4.92. The smallest absolute Gasteiger partial charge is 0.0976 e. The Morgan fingerprint density at radius 3 is 2.36 bits per heavy atom. The fourth-order valence-corrected chi connectivity index (χ4v) is 2.29. The predicted molar refractivity (Wildman–Crippen MR) is 55.9 cm³/mol. The van der Waals surface area contributed by atoms with E-state index in [4.69, 9.17) is 5.26 Å². The zero-order valence-corrected chi connectivity index (χ0v) is 8.95. The van der Waals surface area contributed by atoms with E-state index in [2.05, 4.69) is 22.8 Å². The monoisotopic (exact) mass is 193 g/mol. The molecule has 0 aromatic carbocycles. The van der Waals surface area contributed by atoms with Crippen LogP contribution < -0.4 is 0 Å². The molecule has 3 heteroatoms. The van der Waals surface area contributed by atoms with E-state index in [-0.39, 0.29) is 6.04 Å². The van der Waals surface area contributed by atoms with Gasteiger partial charge in [-0.1, -0.05) is 6.92 Å². The summed E-state index contributed by atoms with van der Waals surface area (Å²) in [5, 5.41) is 8.96. The molecule has 1 unspecified atom stereocenters. The molecule has 78 valence electrons. The van der Waals surface area contributed by atoms with Crippen molar-refractivity contribution in [3.8, 4) is 6.07 Å². The van der Waals surface area contributed by atoms with Crippen LogP contribution in [0.3, 0.4) is 0 Å². The molecule has 0 aromatic rings. The van der Waals surface area contributed by atoms with Gasteiger partial charge in [0, 0.05) is 32.2 Å². The zero-order valence-electron chi connectivity index (χ0n) is 8.95. The molecule has 1 saturated heterocycles. The summed E-state index contributed by atoms with van der Waals surface area (Å²) >= 11 is 0. The van der Waals surface area contributed by atoms with E-state index in [1.54, 1.807) is 0 Å². The van der Waals surface area contributed by atoms with Gasteiger partial charge in [-0.05, 0) is 19.3 Å². The molecule has 0 N–H and O–H groups in total. The average Bonchev–Trinajstić information content (AvgIpc) is 3.04. The molecule has 2 aliphatic rings. The standard InChI is InChI=1S/C11H19N3/c1-2-10(9-12)13-5-7-14(8-6-13)11-3-4-11/h10-11H,2-8H2,1H3. The van der Waals surface area contributed by atoms with E-state index in [0.717, 1.165) is 25.6 Å². The number of nitriles is 1. The fourth-order valence-electron chi connectivity index (χ4n) is 2.29. The summed E-state index contributed by atoms with van der Waals surface area (Å²) < 4.78 is 0. The van der Waals surface area contributed by atoms with E-state index in [9.17, 15) is 0 Å².